The maximum absolute atomic E-state index is 10.9. The van der Waals surface area contributed by atoms with Crippen molar-refractivity contribution in [3.8, 4) is 0 Å². The highest BCUT2D eigenvalue weighted by molar-refractivity contribution is 5.86. The number of nitrogens with one attached hydrogen (secondary N) is 1. The summed E-state index contributed by atoms with van der Waals surface area (Å²) < 4.78 is 4.85. The van der Waals surface area contributed by atoms with Crippen LogP contribution in [0.15, 0.2) is 24.3 Å². The van der Waals surface area contributed by atoms with Gasteiger partial charge in [0.15, 0.2) is 0 Å². The maximum Gasteiger partial charge on any atom is 0.333 e. The minimum atomic E-state index is -0.336. The largest absolute Gasteiger partial charge is 0.461 e. The van der Waals surface area contributed by atoms with Gasteiger partial charge in [-0.15, -0.1) is 0 Å². The zero-order valence-electron chi connectivity index (χ0n) is 8.35. The van der Waals surface area contributed by atoms with Crippen LogP contribution in [0.3, 0.4) is 0 Å². The van der Waals surface area contributed by atoms with Gasteiger partial charge >= 0.3 is 5.97 Å². The summed E-state index contributed by atoms with van der Waals surface area (Å²) >= 11 is 0. The number of rotatable bonds is 6. The normalized spacial score (nSPS) is 9.38. The second kappa shape index (κ2) is 6.43. The molecule has 0 aromatic heterocycles. The van der Waals surface area contributed by atoms with Crippen LogP contribution in [0.5, 0.6) is 0 Å². The molecule has 0 bridgehead atoms. The third kappa shape index (κ3) is 7.28. The lowest BCUT2D eigenvalue weighted by Crippen LogP contribution is -2.22. The molecule has 13 heavy (non-hydrogen) atoms. The molecule has 0 heterocycles. The molecule has 0 fully saturated rings. The molecule has 0 saturated carbocycles. The van der Waals surface area contributed by atoms with Crippen molar-refractivity contribution in [3.63, 3.8) is 0 Å². The molecule has 74 valence electrons. The van der Waals surface area contributed by atoms with Crippen LogP contribution in [0.2, 0.25) is 0 Å². The van der Waals surface area contributed by atoms with Gasteiger partial charge in [-0.3, -0.25) is 0 Å². The van der Waals surface area contributed by atoms with E-state index in [2.05, 4.69) is 18.5 Å². The van der Waals surface area contributed by atoms with Gasteiger partial charge in [0.25, 0.3) is 0 Å². The highest BCUT2D eigenvalue weighted by Gasteiger charge is 2.00. The van der Waals surface area contributed by atoms with Gasteiger partial charge in [-0.05, 0) is 13.8 Å². The van der Waals surface area contributed by atoms with Crippen LogP contribution in [-0.4, -0.2) is 25.7 Å². The monoisotopic (exact) mass is 183 g/mol. The van der Waals surface area contributed by atoms with Gasteiger partial charge in [0, 0.05) is 18.7 Å². The molecule has 0 rings (SSSR count). The highest BCUT2D eigenvalue weighted by Crippen LogP contribution is 1.90. The van der Waals surface area contributed by atoms with Crippen molar-refractivity contribution in [3.05, 3.63) is 24.3 Å². The Labute approximate surface area is 79.5 Å². The highest BCUT2D eigenvalue weighted by atomic mass is 16.5. The van der Waals surface area contributed by atoms with E-state index in [4.69, 9.17) is 4.74 Å². The Balaban J connectivity index is 3.31. The van der Waals surface area contributed by atoms with E-state index in [1.54, 1.807) is 6.92 Å². The Hall–Kier alpha value is -1.09. The first kappa shape index (κ1) is 11.9. The van der Waals surface area contributed by atoms with Crippen LogP contribution in [0.4, 0.5) is 0 Å². The summed E-state index contributed by atoms with van der Waals surface area (Å²) in [5.74, 6) is -0.336. The standard InChI is InChI=1S/C10H17NO2/c1-8(2)7-11-5-6-13-10(12)9(3)4/h11H,1,3,5-7H2,2,4H3. The van der Waals surface area contributed by atoms with Crippen LogP contribution in [-0.2, 0) is 9.53 Å². The summed E-state index contributed by atoms with van der Waals surface area (Å²) in [5.41, 5.74) is 1.49. The van der Waals surface area contributed by atoms with Crippen LogP contribution in [0, 0.1) is 0 Å². The molecular weight excluding hydrogens is 166 g/mol. The molecule has 0 aliphatic carbocycles. The summed E-state index contributed by atoms with van der Waals surface area (Å²) in [6, 6.07) is 0. The molecule has 0 unspecified atom stereocenters. The van der Waals surface area contributed by atoms with Crippen molar-refractivity contribution in [2.24, 2.45) is 0 Å². The number of esters is 1. The van der Waals surface area contributed by atoms with Gasteiger partial charge in [-0.1, -0.05) is 18.7 Å². The predicted molar refractivity (Wildman–Crippen MR) is 53.5 cm³/mol. The van der Waals surface area contributed by atoms with Crippen LogP contribution >= 0.6 is 0 Å². The number of carbonyl (C=O) groups excluding carboxylic acids is 1. The Morgan fingerprint density at radius 2 is 2.00 bits per heavy atom. The number of carbonyl (C=O) groups is 1. The fourth-order valence-corrected chi connectivity index (χ4v) is 0.641. The third-order valence-electron chi connectivity index (χ3n) is 1.29. The second-order valence-electron chi connectivity index (χ2n) is 3.05. The van der Waals surface area contributed by atoms with E-state index in [1.165, 1.54) is 0 Å². The van der Waals surface area contributed by atoms with E-state index in [0.717, 1.165) is 12.1 Å². The Bertz CT molecular complexity index is 209. The summed E-state index contributed by atoms with van der Waals surface area (Å²) in [5, 5.41) is 3.07. The van der Waals surface area contributed by atoms with Gasteiger partial charge in [0.2, 0.25) is 0 Å². The zero-order chi connectivity index (χ0) is 10.3. The number of hydrogen-bond donors (Lipinski definition) is 1. The molecule has 3 heteroatoms. The van der Waals surface area contributed by atoms with Crippen molar-refractivity contribution in [2.75, 3.05) is 19.7 Å². The van der Waals surface area contributed by atoms with E-state index < -0.39 is 0 Å². The first-order valence-corrected chi connectivity index (χ1v) is 4.21. The first-order valence-electron chi connectivity index (χ1n) is 4.21. The van der Waals surface area contributed by atoms with E-state index >= 15 is 0 Å². The van der Waals surface area contributed by atoms with Crippen LogP contribution in [0.25, 0.3) is 0 Å². The van der Waals surface area contributed by atoms with Gasteiger partial charge in [0.1, 0.15) is 6.61 Å². The van der Waals surface area contributed by atoms with Crippen molar-refractivity contribution in [1.29, 1.82) is 0 Å². The lowest BCUT2D eigenvalue weighted by molar-refractivity contribution is -0.138. The molecule has 0 aromatic rings. The molecule has 0 aromatic carbocycles. The SMILES string of the molecule is C=C(C)CNCCOC(=O)C(=C)C. The summed E-state index contributed by atoms with van der Waals surface area (Å²) in [7, 11) is 0. The molecular formula is C10H17NO2. The Morgan fingerprint density at radius 1 is 1.38 bits per heavy atom. The molecule has 0 saturated heterocycles. The quantitative estimate of drug-likeness (QED) is 0.292. The van der Waals surface area contributed by atoms with Crippen LogP contribution in [0.1, 0.15) is 13.8 Å². The van der Waals surface area contributed by atoms with Crippen molar-refractivity contribution < 1.29 is 9.53 Å². The fraction of sp³-hybridized carbons (Fsp3) is 0.500. The van der Waals surface area contributed by atoms with Crippen LogP contribution < -0.4 is 5.32 Å². The molecule has 1 N–H and O–H groups in total. The van der Waals surface area contributed by atoms with Gasteiger partial charge in [-0.25, -0.2) is 4.79 Å². The fourth-order valence-electron chi connectivity index (χ4n) is 0.641. The van der Waals surface area contributed by atoms with Gasteiger partial charge in [-0.2, -0.15) is 0 Å². The third-order valence-corrected chi connectivity index (χ3v) is 1.29. The molecule has 3 nitrogen and oxygen atoms in total. The molecule has 0 aliphatic rings. The molecule has 0 radical (unpaired) electrons. The average Bonchev–Trinajstić information content (AvgIpc) is 2.02. The minimum absolute atomic E-state index is 0.336. The van der Waals surface area contributed by atoms with Gasteiger partial charge in [0.05, 0.1) is 0 Å². The molecule has 0 atom stereocenters. The van der Waals surface area contributed by atoms with Gasteiger partial charge < -0.3 is 10.1 Å². The number of ether oxygens (including phenoxy) is 1. The zero-order valence-corrected chi connectivity index (χ0v) is 8.35. The van der Waals surface area contributed by atoms with E-state index in [-0.39, 0.29) is 5.97 Å². The minimum Gasteiger partial charge on any atom is -0.461 e. The lowest BCUT2D eigenvalue weighted by Gasteiger charge is -2.05. The second-order valence-corrected chi connectivity index (χ2v) is 3.05. The molecule has 0 spiro atoms. The summed E-state index contributed by atoms with van der Waals surface area (Å²) in [4.78, 5) is 10.9. The predicted octanol–water partition coefficient (Wildman–Crippen LogP) is 1.27. The van der Waals surface area contributed by atoms with E-state index in [1.807, 2.05) is 6.92 Å². The topological polar surface area (TPSA) is 38.3 Å². The Morgan fingerprint density at radius 3 is 2.46 bits per heavy atom. The summed E-state index contributed by atoms with van der Waals surface area (Å²) in [6.07, 6.45) is 0. The lowest BCUT2D eigenvalue weighted by atomic mass is 10.3. The first-order chi connectivity index (χ1) is 6.04. The van der Waals surface area contributed by atoms with Crippen molar-refractivity contribution in [1.82, 2.24) is 5.32 Å². The average molecular weight is 183 g/mol. The molecule has 0 aliphatic heterocycles. The maximum atomic E-state index is 10.9. The van der Waals surface area contributed by atoms with Crippen molar-refractivity contribution >= 4 is 5.97 Å². The summed E-state index contributed by atoms with van der Waals surface area (Å²) in [6.45, 7) is 12.5. The molecule has 0 amide bonds. The van der Waals surface area contributed by atoms with Crippen molar-refractivity contribution in [2.45, 2.75) is 13.8 Å². The Kier molecular flexibility index (Phi) is 5.89. The van der Waals surface area contributed by atoms with E-state index in [0.29, 0.717) is 18.7 Å². The van der Waals surface area contributed by atoms with E-state index in [9.17, 15) is 4.79 Å². The number of hydrogen-bond acceptors (Lipinski definition) is 3. The smallest absolute Gasteiger partial charge is 0.333 e.